The Balaban J connectivity index is 0.000000193. The third kappa shape index (κ3) is 9.50. The maximum atomic E-state index is 12.5. The molecule has 2 aliphatic rings. The molecule has 0 saturated carbocycles. The normalized spacial score (nSPS) is 15.1. The van der Waals surface area contributed by atoms with Crippen LogP contribution >= 0.6 is 0 Å². The van der Waals surface area contributed by atoms with E-state index in [2.05, 4.69) is 25.7 Å². The first kappa shape index (κ1) is 40.7. The molecule has 0 amide bonds. The number of rotatable bonds is 6. The summed E-state index contributed by atoms with van der Waals surface area (Å²) in [6.45, 7) is 1.09. The highest BCUT2D eigenvalue weighted by Gasteiger charge is 2.44. The molecule has 4 aromatic rings. The highest BCUT2D eigenvalue weighted by molar-refractivity contribution is 7.90. The van der Waals surface area contributed by atoms with Gasteiger partial charge in [-0.1, -0.05) is 0 Å². The van der Waals surface area contributed by atoms with Gasteiger partial charge in [-0.25, -0.2) is 0 Å². The zero-order valence-electron chi connectivity index (χ0n) is 26.4. The first-order valence-corrected chi connectivity index (χ1v) is 18.5. The number of nitrogens with zero attached hydrogens (tertiary/aromatic N) is 8. The van der Waals surface area contributed by atoms with Crippen molar-refractivity contribution in [3.8, 4) is 0 Å². The third-order valence-electron chi connectivity index (χ3n) is 6.93. The van der Waals surface area contributed by atoms with Crippen LogP contribution in [0.15, 0.2) is 34.8 Å². The molecule has 0 aromatic carbocycles. The van der Waals surface area contributed by atoms with Crippen LogP contribution in [-0.4, -0.2) is 85.6 Å². The topological polar surface area (TPSA) is 206 Å². The lowest BCUT2D eigenvalue weighted by atomic mass is 10.3. The second kappa shape index (κ2) is 14.1. The molecule has 28 heteroatoms. The van der Waals surface area contributed by atoms with Crippen molar-refractivity contribution in [2.75, 3.05) is 0 Å². The van der Waals surface area contributed by atoms with Crippen LogP contribution in [-0.2, 0) is 69.2 Å². The van der Waals surface area contributed by atoms with E-state index in [1.807, 2.05) is 0 Å². The van der Waals surface area contributed by atoms with Gasteiger partial charge in [0.25, 0.3) is 0 Å². The van der Waals surface area contributed by atoms with Crippen molar-refractivity contribution < 1.29 is 69.3 Å². The molecule has 0 fully saturated rings. The number of aromatic nitrogens is 8. The lowest BCUT2D eigenvalue weighted by molar-refractivity contribution is -0.143. The zero-order valence-corrected chi connectivity index (χ0v) is 28.8. The van der Waals surface area contributed by atoms with Crippen molar-refractivity contribution >= 4 is 30.2 Å². The van der Waals surface area contributed by atoms with Gasteiger partial charge in [0.1, 0.15) is 13.1 Å². The maximum absolute atomic E-state index is 12.5. The van der Waals surface area contributed by atoms with Crippen LogP contribution in [0.5, 0.6) is 0 Å². The number of hydrogen-bond acceptors (Lipinski definition) is 11. The fraction of sp³-hybridized carbons (Fsp3) is 0.500. The summed E-state index contributed by atoms with van der Waals surface area (Å²) in [5.41, 5.74) is -2.32. The standard InChI is InChI=1S/C12H13F3N4O2S.C11H12F3N5O2S.CHF3O3S/c1-8-5-18(7-12(13,14)15)17-11(8)22(20,21)19-6-9-3-2-4-10(9)16-19;1-7-4-18(6-11(12,13)14)17-10(7)22(20,21)19-5-8-2-15-3-9(8)16-19;2-1(3,4)8(5,6)7/h5-6H,2-4,7H2,1H3;4-5,15H,2-3,6H2,1H3;(H,5,6,7). The predicted molar refractivity (Wildman–Crippen MR) is 156 cm³/mol. The van der Waals surface area contributed by atoms with Gasteiger partial charge in [0.15, 0.2) is 0 Å². The molecule has 0 unspecified atom stereocenters. The minimum Gasteiger partial charge on any atom is -0.307 e. The average molecular weight is 820 g/mol. The van der Waals surface area contributed by atoms with Gasteiger partial charge in [-0.2, -0.15) is 93.3 Å². The zero-order chi connectivity index (χ0) is 39.2. The molecular formula is C24H26F9N9O7S3. The number of aryl methyl sites for hydroxylation is 4. The van der Waals surface area contributed by atoms with Gasteiger partial charge < -0.3 is 5.32 Å². The lowest BCUT2D eigenvalue weighted by Crippen LogP contribution is -2.21. The fourth-order valence-corrected chi connectivity index (χ4v) is 7.42. The minimum absolute atomic E-state index is 0.137. The molecule has 4 aromatic heterocycles. The van der Waals surface area contributed by atoms with Crippen LogP contribution in [0.1, 0.15) is 40.1 Å². The molecule has 52 heavy (non-hydrogen) atoms. The quantitative estimate of drug-likeness (QED) is 0.164. The van der Waals surface area contributed by atoms with Gasteiger partial charge in [0.2, 0.25) is 10.1 Å². The van der Waals surface area contributed by atoms with Crippen LogP contribution in [0.4, 0.5) is 39.5 Å². The van der Waals surface area contributed by atoms with E-state index in [0.717, 1.165) is 50.2 Å². The molecule has 6 rings (SSSR count). The molecule has 0 spiro atoms. The van der Waals surface area contributed by atoms with E-state index < -0.39 is 71.2 Å². The van der Waals surface area contributed by atoms with Gasteiger partial charge in [-0.05, 0) is 38.7 Å². The van der Waals surface area contributed by atoms with E-state index in [-0.39, 0.29) is 11.1 Å². The second-order valence-corrected chi connectivity index (χ2v) is 16.0. The van der Waals surface area contributed by atoms with Crippen molar-refractivity contribution in [1.82, 2.24) is 43.2 Å². The Labute approximate surface area is 288 Å². The molecule has 0 bridgehead atoms. The van der Waals surface area contributed by atoms with Gasteiger partial charge >= 0.3 is 48.0 Å². The van der Waals surface area contributed by atoms with Crippen molar-refractivity contribution in [3.05, 3.63) is 58.4 Å². The van der Waals surface area contributed by atoms with E-state index in [1.165, 1.54) is 26.2 Å². The Morgan fingerprint density at radius 2 is 1.08 bits per heavy atom. The number of hydrogen-bond donors (Lipinski definition) is 2. The number of fused-ring (bicyclic) bond motifs is 2. The average Bonchev–Trinajstić information content (AvgIpc) is 3.77. The molecule has 5 heterocycles. The summed E-state index contributed by atoms with van der Waals surface area (Å²) in [5.74, 6) is 0. The van der Waals surface area contributed by atoms with Crippen molar-refractivity contribution in [3.63, 3.8) is 0 Å². The van der Waals surface area contributed by atoms with Crippen LogP contribution in [0.2, 0.25) is 0 Å². The van der Waals surface area contributed by atoms with Gasteiger partial charge in [-0.15, -0.1) is 0 Å². The van der Waals surface area contributed by atoms with Crippen LogP contribution in [0.3, 0.4) is 0 Å². The third-order valence-corrected chi connectivity index (χ3v) is 10.7. The molecular weight excluding hydrogens is 794 g/mol. The Morgan fingerprint density at radius 3 is 1.46 bits per heavy atom. The van der Waals surface area contributed by atoms with E-state index in [4.69, 9.17) is 13.0 Å². The summed E-state index contributed by atoms with van der Waals surface area (Å²) in [4.78, 5) is 0. The summed E-state index contributed by atoms with van der Waals surface area (Å²) < 4.78 is 184. The molecule has 1 aliphatic heterocycles. The molecule has 2 N–H and O–H groups in total. The Morgan fingerprint density at radius 1 is 0.654 bits per heavy atom. The summed E-state index contributed by atoms with van der Waals surface area (Å²) in [7, 11) is -14.0. The smallest absolute Gasteiger partial charge is 0.307 e. The summed E-state index contributed by atoms with van der Waals surface area (Å²) >= 11 is 0. The first-order valence-electron chi connectivity index (χ1n) is 14.2. The van der Waals surface area contributed by atoms with Crippen molar-refractivity contribution in [2.24, 2.45) is 0 Å². The first-order chi connectivity index (χ1) is 23.6. The fourth-order valence-electron chi connectivity index (χ4n) is 4.79. The summed E-state index contributed by atoms with van der Waals surface area (Å²) in [6, 6.07) is 0. The van der Waals surface area contributed by atoms with Crippen LogP contribution in [0, 0.1) is 13.8 Å². The Hall–Kier alpha value is -4.02. The van der Waals surface area contributed by atoms with E-state index >= 15 is 0 Å². The van der Waals surface area contributed by atoms with Gasteiger partial charge in [0.05, 0.1) is 11.4 Å². The van der Waals surface area contributed by atoms with Gasteiger partial charge in [-0.3, -0.25) is 13.9 Å². The van der Waals surface area contributed by atoms with Crippen LogP contribution in [0.25, 0.3) is 0 Å². The van der Waals surface area contributed by atoms with Crippen molar-refractivity contribution in [1.29, 1.82) is 0 Å². The Bertz CT molecular complexity index is 2090. The molecule has 0 saturated heterocycles. The van der Waals surface area contributed by atoms with E-state index in [1.54, 1.807) is 0 Å². The number of alkyl halides is 9. The highest BCUT2D eigenvalue weighted by atomic mass is 32.2. The maximum Gasteiger partial charge on any atom is 0.522 e. The number of halogens is 9. The second-order valence-electron chi connectivity index (χ2n) is 11.2. The van der Waals surface area contributed by atoms with Crippen molar-refractivity contribution in [2.45, 2.75) is 87.2 Å². The largest absolute Gasteiger partial charge is 0.522 e. The summed E-state index contributed by atoms with van der Waals surface area (Å²) in [5, 5.41) is 17.3. The number of nitrogens with one attached hydrogen (secondary N) is 1. The van der Waals surface area contributed by atoms with E-state index in [9.17, 15) is 56.3 Å². The molecule has 290 valence electrons. The van der Waals surface area contributed by atoms with Gasteiger partial charge in [0, 0.05) is 54.6 Å². The molecule has 0 radical (unpaired) electrons. The Kier molecular flexibility index (Phi) is 11.0. The molecule has 0 atom stereocenters. The minimum atomic E-state index is -5.84. The highest BCUT2D eigenvalue weighted by Crippen LogP contribution is 2.26. The SMILES string of the molecule is Cc1cn(CC(F)(F)F)nc1S(=O)(=O)n1cc2c(n1)CCC2.Cc1cn(CC(F)(F)F)nc1S(=O)(=O)n1cc2c(n1)CNC2.O=S(=O)(O)C(F)(F)F. The molecule has 16 nitrogen and oxygen atoms in total. The van der Waals surface area contributed by atoms with E-state index in [0.29, 0.717) is 34.6 Å². The monoisotopic (exact) mass is 819 g/mol. The lowest BCUT2D eigenvalue weighted by Gasteiger charge is -2.05. The molecule has 1 aliphatic carbocycles. The summed E-state index contributed by atoms with van der Waals surface area (Å²) in [6.07, 6.45) is -1.66. The predicted octanol–water partition coefficient (Wildman–Crippen LogP) is 2.86. The van der Waals surface area contributed by atoms with Crippen LogP contribution < -0.4 is 5.32 Å².